The van der Waals surface area contributed by atoms with Crippen LogP contribution in [-0.2, 0) is 16.1 Å². The third-order valence-corrected chi connectivity index (χ3v) is 4.23. The molecular formula is C15H14BrFN2O4. The summed E-state index contributed by atoms with van der Waals surface area (Å²) in [6.07, 6.45) is 0.463. The fraction of sp³-hybridized carbons (Fsp3) is 0.400. The number of carbonyl (C=O) groups excluding carboxylic acids is 3. The van der Waals surface area contributed by atoms with Gasteiger partial charge < -0.3 is 9.64 Å². The maximum absolute atomic E-state index is 14.0. The zero-order valence-electron chi connectivity index (χ0n) is 12.1. The molecule has 1 aromatic carbocycles. The van der Waals surface area contributed by atoms with E-state index in [4.69, 9.17) is 4.74 Å². The number of hydrogen-bond acceptors (Lipinski definition) is 4. The Kier molecular flexibility index (Phi) is 4.34. The summed E-state index contributed by atoms with van der Waals surface area (Å²) in [4.78, 5) is 37.0. The number of piperidine rings is 1. The number of rotatable bonds is 4. The van der Waals surface area contributed by atoms with Gasteiger partial charge in [-0.05, 0) is 24.1 Å². The molecule has 2 aliphatic heterocycles. The first-order chi connectivity index (χ1) is 11.0. The molecule has 122 valence electrons. The third-order valence-electron chi connectivity index (χ3n) is 3.91. The van der Waals surface area contributed by atoms with Crippen LogP contribution in [0.3, 0.4) is 0 Å². The third kappa shape index (κ3) is 2.95. The fourth-order valence-electron chi connectivity index (χ4n) is 2.83. The van der Waals surface area contributed by atoms with E-state index in [0.29, 0.717) is 17.5 Å². The summed E-state index contributed by atoms with van der Waals surface area (Å²) >= 11 is 3.19. The van der Waals surface area contributed by atoms with Crippen LogP contribution in [0.2, 0.25) is 0 Å². The lowest BCUT2D eigenvalue weighted by Gasteiger charge is -2.29. The second kappa shape index (κ2) is 6.27. The van der Waals surface area contributed by atoms with Crippen LogP contribution in [0, 0.1) is 5.82 Å². The molecule has 1 fully saturated rings. The second-order valence-corrected chi connectivity index (χ2v) is 6.17. The van der Waals surface area contributed by atoms with E-state index in [1.54, 1.807) is 0 Å². The van der Waals surface area contributed by atoms with E-state index < -0.39 is 23.7 Å². The van der Waals surface area contributed by atoms with E-state index in [2.05, 4.69) is 21.2 Å². The minimum Gasteiger partial charge on any atom is -0.490 e. The molecule has 3 rings (SSSR count). The molecule has 1 aromatic rings. The van der Waals surface area contributed by atoms with E-state index in [1.165, 1.54) is 11.0 Å². The molecule has 1 unspecified atom stereocenters. The van der Waals surface area contributed by atoms with Crippen LogP contribution >= 0.6 is 15.9 Å². The van der Waals surface area contributed by atoms with E-state index >= 15 is 0 Å². The fourth-order valence-corrected chi connectivity index (χ4v) is 2.99. The number of imide groups is 1. The van der Waals surface area contributed by atoms with Crippen LogP contribution in [0.1, 0.15) is 28.8 Å². The standard InChI is InChI=1S/C15H14BrFN2O4/c16-3-4-23-12-5-8-7-19(15(22)9(8)6-10(12)17)11-1-2-13(20)18-14(11)21/h5-6,11H,1-4,7H2,(H,18,20,21). The van der Waals surface area contributed by atoms with Crippen LogP contribution < -0.4 is 10.1 Å². The van der Waals surface area contributed by atoms with Crippen LogP contribution in [0.25, 0.3) is 0 Å². The van der Waals surface area contributed by atoms with Gasteiger partial charge in [-0.25, -0.2) is 4.39 Å². The van der Waals surface area contributed by atoms with Crippen molar-refractivity contribution in [2.45, 2.75) is 25.4 Å². The number of halogens is 2. The lowest BCUT2D eigenvalue weighted by molar-refractivity contribution is -0.136. The van der Waals surface area contributed by atoms with Gasteiger partial charge in [-0.3, -0.25) is 19.7 Å². The Morgan fingerprint density at radius 2 is 2.13 bits per heavy atom. The normalized spacial score (nSPS) is 20.5. The number of hydrogen-bond donors (Lipinski definition) is 1. The van der Waals surface area contributed by atoms with Gasteiger partial charge >= 0.3 is 0 Å². The van der Waals surface area contributed by atoms with E-state index in [9.17, 15) is 18.8 Å². The predicted octanol–water partition coefficient (Wildman–Crippen LogP) is 1.36. The van der Waals surface area contributed by atoms with Gasteiger partial charge in [0.1, 0.15) is 6.04 Å². The molecule has 6 nitrogen and oxygen atoms in total. The van der Waals surface area contributed by atoms with Gasteiger partial charge in [0.05, 0.1) is 6.61 Å². The van der Waals surface area contributed by atoms with Crippen LogP contribution in [0.4, 0.5) is 4.39 Å². The molecule has 3 amide bonds. The minimum atomic E-state index is -0.706. The molecule has 2 aliphatic rings. The van der Waals surface area contributed by atoms with Gasteiger partial charge in [-0.1, -0.05) is 15.9 Å². The average molecular weight is 385 g/mol. The van der Waals surface area contributed by atoms with Crippen LogP contribution in [0.5, 0.6) is 5.75 Å². The molecule has 2 heterocycles. The maximum atomic E-state index is 14.0. The van der Waals surface area contributed by atoms with Gasteiger partial charge in [0.15, 0.2) is 11.6 Å². The van der Waals surface area contributed by atoms with Crippen molar-refractivity contribution < 1.29 is 23.5 Å². The molecule has 0 spiro atoms. The molecule has 1 atom stereocenters. The number of amides is 3. The Hall–Kier alpha value is -1.96. The molecule has 0 aromatic heterocycles. The van der Waals surface area contributed by atoms with Gasteiger partial charge in [0.2, 0.25) is 11.8 Å². The number of ether oxygens (including phenoxy) is 1. The monoisotopic (exact) mass is 384 g/mol. The summed E-state index contributed by atoms with van der Waals surface area (Å²) in [5.74, 6) is -1.75. The first kappa shape index (κ1) is 15.9. The second-order valence-electron chi connectivity index (χ2n) is 5.38. The van der Waals surface area contributed by atoms with Crippen molar-refractivity contribution in [1.29, 1.82) is 0 Å². The summed E-state index contributed by atoms with van der Waals surface area (Å²) in [5, 5.41) is 2.79. The average Bonchev–Trinajstić information content (AvgIpc) is 2.81. The number of alkyl halides is 1. The number of benzene rings is 1. The zero-order chi connectivity index (χ0) is 16.6. The van der Waals surface area contributed by atoms with Gasteiger partial charge in [0.25, 0.3) is 5.91 Å². The highest BCUT2D eigenvalue weighted by molar-refractivity contribution is 9.09. The molecule has 1 N–H and O–H groups in total. The molecule has 0 saturated carbocycles. The quantitative estimate of drug-likeness (QED) is 0.628. The molecular weight excluding hydrogens is 371 g/mol. The van der Waals surface area contributed by atoms with Gasteiger partial charge in [-0.15, -0.1) is 0 Å². The van der Waals surface area contributed by atoms with Crippen molar-refractivity contribution in [1.82, 2.24) is 10.2 Å². The Labute approximate surface area is 140 Å². The Morgan fingerprint density at radius 3 is 2.83 bits per heavy atom. The SMILES string of the molecule is O=C1CCC(N2Cc3cc(OCCBr)c(F)cc3C2=O)C(=O)N1. The van der Waals surface area contributed by atoms with Crippen molar-refractivity contribution in [3.05, 3.63) is 29.1 Å². The largest absolute Gasteiger partial charge is 0.490 e. The first-order valence-corrected chi connectivity index (χ1v) is 8.29. The van der Waals surface area contributed by atoms with Gasteiger partial charge in [-0.2, -0.15) is 0 Å². The van der Waals surface area contributed by atoms with Crippen molar-refractivity contribution >= 4 is 33.7 Å². The van der Waals surface area contributed by atoms with Crippen molar-refractivity contribution in [3.8, 4) is 5.75 Å². The highest BCUT2D eigenvalue weighted by Gasteiger charge is 2.39. The lowest BCUT2D eigenvalue weighted by atomic mass is 10.0. The summed E-state index contributed by atoms with van der Waals surface area (Å²) in [6.45, 7) is 0.506. The summed E-state index contributed by atoms with van der Waals surface area (Å²) in [5.41, 5.74) is 0.851. The van der Waals surface area contributed by atoms with E-state index in [-0.39, 0.29) is 36.6 Å². The van der Waals surface area contributed by atoms with Crippen LogP contribution in [0.15, 0.2) is 12.1 Å². The number of carbonyl (C=O) groups is 3. The number of fused-ring (bicyclic) bond motifs is 1. The first-order valence-electron chi connectivity index (χ1n) is 7.17. The summed E-state index contributed by atoms with van der Waals surface area (Å²) in [6, 6.07) is 1.94. The van der Waals surface area contributed by atoms with Crippen molar-refractivity contribution in [3.63, 3.8) is 0 Å². The van der Waals surface area contributed by atoms with Crippen molar-refractivity contribution in [2.24, 2.45) is 0 Å². The highest BCUT2D eigenvalue weighted by atomic mass is 79.9. The molecule has 0 radical (unpaired) electrons. The Balaban J connectivity index is 1.84. The predicted molar refractivity (Wildman–Crippen MR) is 81.7 cm³/mol. The van der Waals surface area contributed by atoms with Crippen LogP contribution in [-0.4, -0.2) is 40.6 Å². The smallest absolute Gasteiger partial charge is 0.255 e. The zero-order valence-corrected chi connectivity index (χ0v) is 13.7. The number of nitrogens with one attached hydrogen (secondary N) is 1. The Morgan fingerprint density at radius 1 is 1.35 bits per heavy atom. The number of nitrogens with zero attached hydrogens (tertiary/aromatic N) is 1. The highest BCUT2D eigenvalue weighted by Crippen LogP contribution is 2.32. The van der Waals surface area contributed by atoms with E-state index in [1.807, 2.05) is 0 Å². The minimum absolute atomic E-state index is 0.0844. The lowest BCUT2D eigenvalue weighted by Crippen LogP contribution is -2.52. The Bertz CT molecular complexity index is 694. The van der Waals surface area contributed by atoms with Gasteiger partial charge in [0, 0.05) is 23.9 Å². The summed E-state index contributed by atoms with van der Waals surface area (Å²) in [7, 11) is 0. The molecule has 0 bridgehead atoms. The molecule has 1 saturated heterocycles. The summed E-state index contributed by atoms with van der Waals surface area (Å²) < 4.78 is 19.3. The van der Waals surface area contributed by atoms with Crippen molar-refractivity contribution in [2.75, 3.05) is 11.9 Å². The topological polar surface area (TPSA) is 75.7 Å². The molecule has 8 heteroatoms. The molecule has 0 aliphatic carbocycles. The molecule has 23 heavy (non-hydrogen) atoms. The van der Waals surface area contributed by atoms with E-state index in [0.717, 1.165) is 6.07 Å². The maximum Gasteiger partial charge on any atom is 0.255 e.